The molecule has 2 aliphatic rings. The van der Waals surface area contributed by atoms with Crippen molar-refractivity contribution in [1.29, 1.82) is 0 Å². The van der Waals surface area contributed by atoms with Gasteiger partial charge in [-0.05, 0) is 25.8 Å². The molecule has 11 heteroatoms. The van der Waals surface area contributed by atoms with Gasteiger partial charge in [0.1, 0.15) is 25.0 Å². The minimum atomic E-state index is -1.00. The molecular formula is C22H24BF2N3O5. The van der Waals surface area contributed by atoms with Crippen LogP contribution in [0.25, 0.3) is 0 Å². The molecule has 1 fully saturated rings. The zero-order valence-electron chi connectivity index (χ0n) is 18.5. The summed E-state index contributed by atoms with van der Waals surface area (Å²) >= 11 is 0. The highest BCUT2D eigenvalue weighted by molar-refractivity contribution is 6.15. The number of carbonyl (C=O) groups excluding carboxylic acids is 2. The van der Waals surface area contributed by atoms with Gasteiger partial charge in [0.05, 0.1) is 11.5 Å². The van der Waals surface area contributed by atoms with E-state index in [4.69, 9.17) is 4.74 Å². The number of pyridine rings is 1. The number of rotatable bonds is 4. The van der Waals surface area contributed by atoms with Crippen molar-refractivity contribution in [2.45, 2.75) is 43.9 Å². The van der Waals surface area contributed by atoms with Gasteiger partial charge in [0, 0.05) is 44.1 Å². The third-order valence-corrected chi connectivity index (χ3v) is 6.84. The maximum Gasteiger partial charge on any atom is 0.274 e. The maximum absolute atomic E-state index is 13.9. The minimum absolute atomic E-state index is 0.0302. The molecule has 1 aromatic carbocycles. The van der Waals surface area contributed by atoms with Crippen LogP contribution in [0.1, 0.15) is 52.2 Å². The molecular weight excluding hydrogens is 435 g/mol. The largest absolute Gasteiger partial charge is 0.503 e. The van der Waals surface area contributed by atoms with Crippen molar-refractivity contribution in [3.63, 3.8) is 0 Å². The summed E-state index contributed by atoms with van der Waals surface area (Å²) in [6.45, 7) is 1.90. The van der Waals surface area contributed by atoms with Crippen molar-refractivity contribution >= 4 is 19.7 Å². The van der Waals surface area contributed by atoms with Gasteiger partial charge in [-0.15, -0.1) is 0 Å². The summed E-state index contributed by atoms with van der Waals surface area (Å²) in [6, 6.07) is 2.37. The van der Waals surface area contributed by atoms with E-state index in [1.165, 1.54) is 16.8 Å². The lowest BCUT2D eigenvalue weighted by atomic mass is 9.71. The smallest absolute Gasteiger partial charge is 0.274 e. The second-order valence-electron chi connectivity index (χ2n) is 8.77. The average Bonchev–Trinajstić information content (AvgIpc) is 2.89. The number of methoxy groups -OCH3 is 1. The fourth-order valence-corrected chi connectivity index (χ4v) is 4.59. The van der Waals surface area contributed by atoms with Crippen molar-refractivity contribution in [2.24, 2.45) is 0 Å². The number of hydrogen-bond donors (Lipinski definition) is 2. The van der Waals surface area contributed by atoms with Gasteiger partial charge in [0.2, 0.25) is 5.43 Å². The first-order valence-corrected chi connectivity index (χ1v) is 10.6. The van der Waals surface area contributed by atoms with Gasteiger partial charge in [0.25, 0.3) is 11.8 Å². The predicted octanol–water partition coefficient (Wildman–Crippen LogP) is 0.917. The Balaban J connectivity index is 1.74. The standard InChI is InChI=1S/C22H24BF2N3O5/c1-11-5-6-22(23,33-2)16-10-27(11)21(32)17-19(30)18(29)14(9-28(16)17)20(31)26-8-12-3-4-13(24)7-15(12)25/h3-4,7,9,11,16,30H,5-6,8,10,23H2,1-2H3,(H,26,31)/t11-,16+,22-/m0/s1. The predicted molar refractivity (Wildman–Crippen MR) is 117 cm³/mol. The minimum Gasteiger partial charge on any atom is -0.503 e. The lowest BCUT2D eigenvalue weighted by Crippen LogP contribution is -2.53. The molecule has 3 atom stereocenters. The van der Waals surface area contributed by atoms with Crippen LogP contribution in [0.4, 0.5) is 8.78 Å². The summed E-state index contributed by atoms with van der Waals surface area (Å²) in [5, 5.41) is 13.1. The number of amides is 2. The molecule has 1 aromatic heterocycles. The average molecular weight is 459 g/mol. The Bertz CT molecular complexity index is 1200. The summed E-state index contributed by atoms with van der Waals surface area (Å²) < 4.78 is 34.2. The second kappa shape index (κ2) is 8.29. The van der Waals surface area contributed by atoms with E-state index in [-0.39, 0.29) is 23.8 Å². The van der Waals surface area contributed by atoms with Gasteiger partial charge in [-0.25, -0.2) is 8.78 Å². The van der Waals surface area contributed by atoms with Gasteiger partial charge >= 0.3 is 0 Å². The summed E-state index contributed by atoms with van der Waals surface area (Å²) in [7, 11) is 3.45. The molecule has 2 bridgehead atoms. The highest BCUT2D eigenvalue weighted by Crippen LogP contribution is 2.40. The zero-order chi connectivity index (χ0) is 24.1. The Morgan fingerprint density at radius 2 is 2.09 bits per heavy atom. The molecule has 8 nitrogen and oxygen atoms in total. The van der Waals surface area contributed by atoms with E-state index in [2.05, 4.69) is 5.32 Å². The first-order chi connectivity index (χ1) is 15.6. The first-order valence-electron chi connectivity index (χ1n) is 10.6. The van der Waals surface area contributed by atoms with Crippen LogP contribution in [0, 0.1) is 11.6 Å². The van der Waals surface area contributed by atoms with Crippen LogP contribution in [-0.2, 0) is 11.3 Å². The number of nitrogens with one attached hydrogen (secondary N) is 1. The number of benzene rings is 1. The van der Waals surface area contributed by atoms with Gasteiger partial charge in [0.15, 0.2) is 11.4 Å². The number of fused-ring (bicyclic) bond motifs is 4. The quantitative estimate of drug-likeness (QED) is 0.663. The fourth-order valence-electron chi connectivity index (χ4n) is 4.59. The van der Waals surface area contributed by atoms with Gasteiger partial charge in [-0.2, -0.15) is 0 Å². The molecule has 0 unspecified atom stereocenters. The van der Waals surface area contributed by atoms with E-state index >= 15 is 0 Å². The van der Waals surface area contributed by atoms with Gasteiger partial charge < -0.3 is 24.6 Å². The Hall–Kier alpha value is -3.21. The van der Waals surface area contributed by atoms with Crippen LogP contribution < -0.4 is 10.7 Å². The van der Waals surface area contributed by atoms with Crippen LogP contribution in [-0.4, -0.2) is 59.4 Å². The molecule has 0 radical (unpaired) electrons. The third-order valence-electron chi connectivity index (χ3n) is 6.84. The number of halogens is 2. The SMILES string of the molecule is B[C@]1(OC)CC[C@H](C)N2C[C@H]1n1cc(C(=O)NCc3ccc(F)cc3F)c(=O)c(O)c1C2=O. The van der Waals surface area contributed by atoms with E-state index in [1.54, 1.807) is 12.0 Å². The van der Waals surface area contributed by atoms with Crippen molar-refractivity contribution < 1.29 is 28.2 Å². The Morgan fingerprint density at radius 3 is 2.76 bits per heavy atom. The fraction of sp³-hybridized carbons (Fsp3) is 0.409. The highest BCUT2D eigenvalue weighted by atomic mass is 19.1. The van der Waals surface area contributed by atoms with Crippen LogP contribution in [0.3, 0.4) is 0 Å². The van der Waals surface area contributed by atoms with E-state index in [0.29, 0.717) is 25.5 Å². The van der Waals surface area contributed by atoms with Crippen molar-refractivity contribution in [3.05, 3.63) is 63.1 Å². The Labute approximate surface area is 189 Å². The van der Waals surface area contributed by atoms with Crippen molar-refractivity contribution in [1.82, 2.24) is 14.8 Å². The molecule has 2 aromatic rings. The number of ether oxygens (including phenoxy) is 1. The molecule has 0 spiro atoms. The van der Waals surface area contributed by atoms with E-state index < -0.39 is 51.7 Å². The summed E-state index contributed by atoms with van der Waals surface area (Å²) in [4.78, 5) is 40.3. The molecule has 3 heterocycles. The topological polar surface area (TPSA) is 101 Å². The zero-order valence-corrected chi connectivity index (χ0v) is 18.5. The Kier molecular flexibility index (Phi) is 5.77. The van der Waals surface area contributed by atoms with Crippen LogP contribution in [0.5, 0.6) is 5.75 Å². The third kappa shape index (κ3) is 3.80. The molecule has 2 N–H and O–H groups in total. The molecule has 0 aliphatic carbocycles. The lowest BCUT2D eigenvalue weighted by Gasteiger charge is -2.43. The highest BCUT2D eigenvalue weighted by Gasteiger charge is 2.47. The van der Waals surface area contributed by atoms with E-state index in [1.807, 2.05) is 14.8 Å². The molecule has 2 aliphatic heterocycles. The summed E-state index contributed by atoms with van der Waals surface area (Å²) in [5.74, 6) is -3.75. The number of aromatic hydroxyl groups is 1. The molecule has 33 heavy (non-hydrogen) atoms. The van der Waals surface area contributed by atoms with Gasteiger partial charge in [-0.3, -0.25) is 14.4 Å². The number of nitrogens with zero attached hydrogens (tertiary/aromatic N) is 2. The number of hydrogen-bond acceptors (Lipinski definition) is 5. The number of aromatic nitrogens is 1. The van der Waals surface area contributed by atoms with E-state index in [9.17, 15) is 28.3 Å². The maximum atomic E-state index is 13.9. The lowest BCUT2D eigenvalue weighted by molar-refractivity contribution is 0.00370. The first kappa shape index (κ1) is 23.0. The molecule has 1 saturated heterocycles. The molecule has 2 amide bonds. The molecule has 0 saturated carbocycles. The summed E-state index contributed by atoms with van der Waals surface area (Å²) in [5.41, 5.74) is -2.27. The van der Waals surface area contributed by atoms with Crippen LogP contribution >= 0.6 is 0 Å². The second-order valence-corrected chi connectivity index (χ2v) is 8.77. The number of carbonyl (C=O) groups is 2. The van der Waals surface area contributed by atoms with Gasteiger partial charge in [-0.1, -0.05) is 6.07 Å². The Morgan fingerprint density at radius 1 is 1.36 bits per heavy atom. The molecule has 174 valence electrons. The van der Waals surface area contributed by atoms with Crippen LogP contribution in [0.15, 0.2) is 29.2 Å². The monoisotopic (exact) mass is 459 g/mol. The van der Waals surface area contributed by atoms with Crippen molar-refractivity contribution in [2.75, 3.05) is 13.7 Å². The molecule has 4 rings (SSSR count). The summed E-state index contributed by atoms with van der Waals surface area (Å²) in [6.07, 6.45) is 2.54. The normalized spacial score (nSPS) is 24.2. The van der Waals surface area contributed by atoms with E-state index in [0.717, 1.165) is 6.07 Å². The van der Waals surface area contributed by atoms with Crippen molar-refractivity contribution in [3.8, 4) is 5.75 Å². The van der Waals surface area contributed by atoms with Crippen LogP contribution in [0.2, 0.25) is 0 Å².